The number of nitrogens with zero attached hydrogens (tertiary/aromatic N) is 2. The fraction of sp³-hybridized carbons (Fsp3) is 0.375. The van der Waals surface area contributed by atoms with Gasteiger partial charge in [-0.3, -0.25) is 9.97 Å². The molecule has 1 N–H and O–H groups in total. The van der Waals surface area contributed by atoms with Crippen LogP contribution >= 0.6 is 0 Å². The van der Waals surface area contributed by atoms with Gasteiger partial charge in [-0.25, -0.2) is 0 Å². The van der Waals surface area contributed by atoms with Gasteiger partial charge in [-0.05, 0) is 44.2 Å². The van der Waals surface area contributed by atoms with Gasteiger partial charge in [0.1, 0.15) is 0 Å². The van der Waals surface area contributed by atoms with E-state index in [0.717, 1.165) is 36.5 Å². The number of rotatable bonds is 6. The first-order valence-electron chi connectivity index (χ1n) is 6.86. The highest BCUT2D eigenvalue weighted by Gasteiger charge is 2.13. The Morgan fingerprint density at radius 3 is 2.74 bits per heavy atom. The number of hydrogen-bond acceptors (Lipinski definition) is 3. The van der Waals surface area contributed by atoms with Crippen LogP contribution < -0.4 is 5.32 Å². The summed E-state index contributed by atoms with van der Waals surface area (Å²) in [5.74, 6) is 0. The Balaban J connectivity index is 2.16. The first-order valence-corrected chi connectivity index (χ1v) is 6.86. The monoisotopic (exact) mass is 255 g/mol. The SMILES string of the molecule is CCCNC(Cc1ccccn1)c1cccc(C)n1. The normalized spacial score (nSPS) is 12.3. The maximum Gasteiger partial charge on any atom is 0.0580 e. The van der Waals surface area contributed by atoms with Gasteiger partial charge < -0.3 is 5.32 Å². The second-order valence-electron chi connectivity index (χ2n) is 4.74. The molecule has 0 spiro atoms. The number of nitrogens with one attached hydrogen (secondary N) is 1. The zero-order valence-electron chi connectivity index (χ0n) is 11.6. The summed E-state index contributed by atoms with van der Waals surface area (Å²) in [5, 5.41) is 3.56. The van der Waals surface area contributed by atoms with E-state index in [-0.39, 0.29) is 6.04 Å². The van der Waals surface area contributed by atoms with E-state index >= 15 is 0 Å². The van der Waals surface area contributed by atoms with Crippen LogP contribution in [-0.2, 0) is 6.42 Å². The first-order chi connectivity index (χ1) is 9.29. The average Bonchev–Trinajstić information content (AvgIpc) is 2.44. The van der Waals surface area contributed by atoms with Crippen molar-refractivity contribution < 1.29 is 0 Å². The first kappa shape index (κ1) is 13.7. The van der Waals surface area contributed by atoms with Crippen molar-refractivity contribution in [2.45, 2.75) is 32.7 Å². The van der Waals surface area contributed by atoms with Gasteiger partial charge >= 0.3 is 0 Å². The highest BCUT2D eigenvalue weighted by atomic mass is 14.9. The molecule has 1 unspecified atom stereocenters. The molecule has 3 heteroatoms. The maximum atomic E-state index is 4.63. The van der Waals surface area contributed by atoms with Gasteiger partial charge in [0.15, 0.2) is 0 Å². The summed E-state index contributed by atoms with van der Waals surface area (Å²) in [6.07, 6.45) is 3.83. The molecule has 19 heavy (non-hydrogen) atoms. The van der Waals surface area contributed by atoms with Crippen LogP contribution in [0.15, 0.2) is 42.6 Å². The van der Waals surface area contributed by atoms with E-state index in [1.165, 1.54) is 0 Å². The summed E-state index contributed by atoms with van der Waals surface area (Å²) in [4.78, 5) is 9.04. The third kappa shape index (κ3) is 4.14. The molecule has 0 saturated carbocycles. The van der Waals surface area contributed by atoms with Crippen molar-refractivity contribution in [2.24, 2.45) is 0 Å². The van der Waals surface area contributed by atoms with Crippen molar-refractivity contribution in [3.05, 3.63) is 59.7 Å². The van der Waals surface area contributed by atoms with E-state index < -0.39 is 0 Å². The third-order valence-corrected chi connectivity index (χ3v) is 3.05. The summed E-state index contributed by atoms with van der Waals surface area (Å²) in [6, 6.07) is 12.5. The van der Waals surface area contributed by atoms with Crippen LogP contribution in [0.2, 0.25) is 0 Å². The second-order valence-corrected chi connectivity index (χ2v) is 4.74. The number of aromatic nitrogens is 2. The van der Waals surface area contributed by atoms with E-state index in [4.69, 9.17) is 0 Å². The van der Waals surface area contributed by atoms with Crippen LogP contribution in [0.3, 0.4) is 0 Å². The third-order valence-electron chi connectivity index (χ3n) is 3.05. The van der Waals surface area contributed by atoms with Crippen LogP contribution in [0.1, 0.15) is 36.5 Å². The molecule has 2 aromatic heterocycles. The van der Waals surface area contributed by atoms with E-state index in [9.17, 15) is 0 Å². The standard InChI is InChI=1S/C16H21N3/c1-3-10-18-16(12-14-8-4-5-11-17-14)15-9-6-7-13(2)19-15/h4-9,11,16,18H,3,10,12H2,1-2H3. The van der Waals surface area contributed by atoms with Gasteiger partial charge in [-0.15, -0.1) is 0 Å². The highest BCUT2D eigenvalue weighted by molar-refractivity contribution is 5.16. The molecule has 2 rings (SSSR count). The van der Waals surface area contributed by atoms with Crippen LogP contribution in [0.25, 0.3) is 0 Å². The van der Waals surface area contributed by atoms with Crippen LogP contribution in [0.4, 0.5) is 0 Å². The topological polar surface area (TPSA) is 37.8 Å². The van der Waals surface area contributed by atoms with Crippen molar-refractivity contribution in [3.8, 4) is 0 Å². The molecule has 0 aliphatic rings. The lowest BCUT2D eigenvalue weighted by Gasteiger charge is -2.18. The molecule has 0 bridgehead atoms. The predicted octanol–water partition coefficient (Wildman–Crippen LogP) is 3.07. The van der Waals surface area contributed by atoms with Crippen molar-refractivity contribution in [3.63, 3.8) is 0 Å². The zero-order chi connectivity index (χ0) is 13.5. The Bertz CT molecular complexity index is 496. The van der Waals surface area contributed by atoms with Crippen LogP contribution in [0.5, 0.6) is 0 Å². The molecule has 0 aliphatic heterocycles. The van der Waals surface area contributed by atoms with E-state index in [0.29, 0.717) is 0 Å². The lowest BCUT2D eigenvalue weighted by molar-refractivity contribution is 0.512. The molecular weight excluding hydrogens is 234 g/mol. The molecule has 1 atom stereocenters. The van der Waals surface area contributed by atoms with Gasteiger partial charge in [0.2, 0.25) is 0 Å². The summed E-state index contributed by atoms with van der Waals surface area (Å²) in [6.45, 7) is 5.20. The molecule has 0 fully saturated rings. The number of pyridine rings is 2. The molecule has 0 amide bonds. The molecule has 0 saturated heterocycles. The minimum Gasteiger partial charge on any atom is -0.308 e. The summed E-state index contributed by atoms with van der Waals surface area (Å²) >= 11 is 0. The van der Waals surface area contributed by atoms with Crippen LogP contribution in [-0.4, -0.2) is 16.5 Å². The zero-order valence-corrected chi connectivity index (χ0v) is 11.6. The number of hydrogen-bond donors (Lipinski definition) is 1. The second kappa shape index (κ2) is 7.00. The summed E-state index contributed by atoms with van der Waals surface area (Å²) < 4.78 is 0. The Kier molecular flexibility index (Phi) is 5.04. The van der Waals surface area contributed by atoms with Gasteiger partial charge in [0.05, 0.1) is 11.7 Å². The van der Waals surface area contributed by atoms with Gasteiger partial charge in [-0.2, -0.15) is 0 Å². The smallest absolute Gasteiger partial charge is 0.0580 e. The lowest BCUT2D eigenvalue weighted by Crippen LogP contribution is -2.25. The maximum absolute atomic E-state index is 4.63. The van der Waals surface area contributed by atoms with E-state index in [1.54, 1.807) is 0 Å². The Morgan fingerprint density at radius 1 is 1.16 bits per heavy atom. The summed E-state index contributed by atoms with van der Waals surface area (Å²) in [5.41, 5.74) is 3.25. The fourth-order valence-corrected chi connectivity index (χ4v) is 2.09. The molecular formula is C16H21N3. The van der Waals surface area contributed by atoms with Gasteiger partial charge in [0, 0.05) is 24.0 Å². The Labute approximate surface area is 115 Å². The molecule has 3 nitrogen and oxygen atoms in total. The highest BCUT2D eigenvalue weighted by Crippen LogP contribution is 2.16. The molecule has 0 radical (unpaired) electrons. The molecule has 2 aromatic rings. The minimum absolute atomic E-state index is 0.231. The van der Waals surface area contributed by atoms with E-state index in [1.807, 2.05) is 31.3 Å². The van der Waals surface area contributed by atoms with Gasteiger partial charge in [-0.1, -0.05) is 19.1 Å². The minimum atomic E-state index is 0.231. The molecule has 100 valence electrons. The van der Waals surface area contributed by atoms with E-state index in [2.05, 4.69) is 40.4 Å². The Hall–Kier alpha value is -1.74. The quantitative estimate of drug-likeness (QED) is 0.862. The predicted molar refractivity (Wildman–Crippen MR) is 77.9 cm³/mol. The summed E-state index contributed by atoms with van der Waals surface area (Å²) in [7, 11) is 0. The van der Waals surface area contributed by atoms with Crippen molar-refractivity contribution in [2.75, 3.05) is 6.54 Å². The fourth-order valence-electron chi connectivity index (χ4n) is 2.09. The Morgan fingerprint density at radius 2 is 2.05 bits per heavy atom. The molecule has 2 heterocycles. The van der Waals surface area contributed by atoms with Gasteiger partial charge in [0.25, 0.3) is 0 Å². The molecule has 0 aromatic carbocycles. The largest absolute Gasteiger partial charge is 0.308 e. The van der Waals surface area contributed by atoms with Crippen LogP contribution in [0, 0.1) is 6.92 Å². The van der Waals surface area contributed by atoms with Crippen molar-refractivity contribution in [1.82, 2.24) is 15.3 Å². The number of aryl methyl sites for hydroxylation is 1. The van der Waals surface area contributed by atoms with Crippen molar-refractivity contribution in [1.29, 1.82) is 0 Å². The van der Waals surface area contributed by atoms with Crippen molar-refractivity contribution >= 4 is 0 Å². The molecule has 0 aliphatic carbocycles. The lowest BCUT2D eigenvalue weighted by atomic mass is 10.1. The average molecular weight is 255 g/mol.